The van der Waals surface area contributed by atoms with Crippen LogP contribution >= 0.6 is 22.6 Å². The van der Waals surface area contributed by atoms with Crippen molar-refractivity contribution < 1.29 is 9.31 Å². The molecule has 5 nitrogen and oxygen atoms in total. The summed E-state index contributed by atoms with van der Waals surface area (Å²) in [5.41, 5.74) is 6.16. The van der Waals surface area contributed by atoms with Gasteiger partial charge in [-0.2, -0.15) is 0 Å². The highest BCUT2D eigenvalue weighted by molar-refractivity contribution is 14.1. The van der Waals surface area contributed by atoms with Crippen LogP contribution in [0.3, 0.4) is 0 Å². The molecule has 1 aliphatic heterocycles. The highest BCUT2D eigenvalue weighted by Gasteiger charge is 2.30. The number of nitrogens with zero attached hydrogens (tertiary/aromatic N) is 2. The Morgan fingerprint density at radius 1 is 1.63 bits per heavy atom. The van der Waals surface area contributed by atoms with Gasteiger partial charge in [-0.25, -0.2) is 4.39 Å². The van der Waals surface area contributed by atoms with Crippen molar-refractivity contribution in [3.8, 4) is 0 Å². The van der Waals surface area contributed by atoms with E-state index in [4.69, 9.17) is 5.73 Å². The fourth-order valence-electron chi connectivity index (χ4n) is 2.36. The van der Waals surface area contributed by atoms with Crippen LogP contribution < -0.4 is 10.6 Å². The molecule has 0 radical (unpaired) electrons. The van der Waals surface area contributed by atoms with Gasteiger partial charge in [-0.1, -0.05) is 0 Å². The maximum atomic E-state index is 13.7. The highest BCUT2D eigenvalue weighted by atomic mass is 127. The first kappa shape index (κ1) is 14.4. The molecule has 0 saturated carbocycles. The number of benzene rings is 1. The summed E-state index contributed by atoms with van der Waals surface area (Å²) in [6.07, 6.45) is 0.877. The fraction of sp³-hybridized carbons (Fsp3) is 0.500. The van der Waals surface area contributed by atoms with Crippen molar-refractivity contribution in [1.29, 1.82) is 0 Å². The van der Waals surface area contributed by atoms with Crippen LogP contribution in [0.2, 0.25) is 0 Å². The van der Waals surface area contributed by atoms with Gasteiger partial charge in [0.05, 0.1) is 8.49 Å². The van der Waals surface area contributed by atoms with Crippen LogP contribution in [0.1, 0.15) is 13.3 Å². The Kier molecular flexibility index (Phi) is 4.24. The molecule has 1 saturated heterocycles. The third-order valence-electron chi connectivity index (χ3n) is 3.52. The van der Waals surface area contributed by atoms with Gasteiger partial charge in [0.25, 0.3) is 5.69 Å². The lowest BCUT2D eigenvalue weighted by Crippen LogP contribution is -2.30. The lowest BCUT2D eigenvalue weighted by molar-refractivity contribution is -0.384. The van der Waals surface area contributed by atoms with Crippen molar-refractivity contribution in [2.24, 2.45) is 11.7 Å². The molecule has 1 aromatic rings. The molecule has 2 atom stereocenters. The molecule has 0 spiro atoms. The molecular weight excluding hydrogens is 364 g/mol. The number of nitro groups is 1. The van der Waals surface area contributed by atoms with Crippen LogP contribution in [-0.4, -0.2) is 24.1 Å². The fourth-order valence-corrected chi connectivity index (χ4v) is 2.81. The van der Waals surface area contributed by atoms with Gasteiger partial charge in [0.2, 0.25) is 0 Å². The van der Waals surface area contributed by atoms with Gasteiger partial charge in [-0.15, -0.1) is 0 Å². The van der Waals surface area contributed by atoms with Crippen molar-refractivity contribution in [3.63, 3.8) is 0 Å². The SMILES string of the molecule is CC(N)C1CCN(c2cc(F)c(I)cc2[N+](=O)[O-])C1. The largest absolute Gasteiger partial charge is 0.366 e. The van der Waals surface area contributed by atoms with Crippen molar-refractivity contribution in [1.82, 2.24) is 0 Å². The van der Waals surface area contributed by atoms with Crippen molar-refractivity contribution in [2.75, 3.05) is 18.0 Å². The molecule has 1 heterocycles. The van der Waals surface area contributed by atoms with E-state index in [9.17, 15) is 14.5 Å². The van der Waals surface area contributed by atoms with E-state index in [1.165, 1.54) is 12.1 Å². The lowest BCUT2D eigenvalue weighted by Gasteiger charge is -2.20. The molecule has 0 bridgehead atoms. The number of hydrogen-bond donors (Lipinski definition) is 1. The average Bonchev–Trinajstić information content (AvgIpc) is 2.81. The summed E-state index contributed by atoms with van der Waals surface area (Å²) in [5, 5.41) is 11.1. The molecule has 2 unspecified atom stereocenters. The zero-order valence-electron chi connectivity index (χ0n) is 10.5. The summed E-state index contributed by atoms with van der Waals surface area (Å²) in [5.74, 6) is -0.132. The van der Waals surface area contributed by atoms with E-state index in [0.717, 1.165) is 6.42 Å². The van der Waals surface area contributed by atoms with Gasteiger partial charge in [-0.3, -0.25) is 10.1 Å². The second kappa shape index (κ2) is 5.58. The molecule has 0 aliphatic carbocycles. The standard InChI is InChI=1S/C12H15FIN3O2/c1-7(15)8-2-3-16(6-8)11-4-9(13)10(14)5-12(11)17(18)19/h4-5,7-8H,2-3,6,15H2,1H3. The normalized spacial score (nSPS) is 20.6. The van der Waals surface area contributed by atoms with E-state index in [-0.39, 0.29) is 15.3 Å². The van der Waals surface area contributed by atoms with Crippen LogP contribution in [0.15, 0.2) is 12.1 Å². The van der Waals surface area contributed by atoms with Crippen LogP contribution in [0.5, 0.6) is 0 Å². The zero-order valence-corrected chi connectivity index (χ0v) is 12.6. The monoisotopic (exact) mass is 379 g/mol. The molecule has 1 aromatic carbocycles. The third kappa shape index (κ3) is 2.97. The number of halogens is 2. The first-order chi connectivity index (χ1) is 8.90. The number of nitrogens with two attached hydrogens (primary N) is 1. The smallest absolute Gasteiger partial charge is 0.293 e. The summed E-state index contributed by atoms with van der Waals surface area (Å²) in [4.78, 5) is 12.5. The number of anilines is 1. The summed E-state index contributed by atoms with van der Waals surface area (Å²) < 4.78 is 13.9. The molecule has 1 fully saturated rings. The van der Waals surface area contributed by atoms with Gasteiger partial charge < -0.3 is 10.6 Å². The van der Waals surface area contributed by atoms with Gasteiger partial charge >= 0.3 is 0 Å². The van der Waals surface area contributed by atoms with Gasteiger partial charge in [0.1, 0.15) is 11.5 Å². The Morgan fingerprint density at radius 2 is 2.32 bits per heavy atom. The van der Waals surface area contributed by atoms with E-state index in [1.807, 2.05) is 11.8 Å². The Morgan fingerprint density at radius 3 is 2.84 bits per heavy atom. The highest BCUT2D eigenvalue weighted by Crippen LogP contribution is 2.35. The Balaban J connectivity index is 2.34. The molecule has 0 aromatic heterocycles. The van der Waals surface area contributed by atoms with Gasteiger partial charge in [-0.05, 0) is 41.9 Å². The van der Waals surface area contributed by atoms with Gasteiger partial charge in [0, 0.05) is 31.3 Å². The Hall–Kier alpha value is -0.960. The molecule has 0 amide bonds. The van der Waals surface area contributed by atoms with Crippen LogP contribution in [-0.2, 0) is 0 Å². The molecule has 1 aliphatic rings. The Labute approximate surface area is 124 Å². The molecule has 7 heteroatoms. The molecule has 19 heavy (non-hydrogen) atoms. The van der Waals surface area contributed by atoms with E-state index < -0.39 is 10.7 Å². The van der Waals surface area contributed by atoms with Crippen LogP contribution in [0, 0.1) is 25.4 Å². The number of hydrogen-bond acceptors (Lipinski definition) is 4. The minimum absolute atomic E-state index is 0.0396. The first-order valence-corrected chi connectivity index (χ1v) is 7.12. The predicted molar refractivity (Wildman–Crippen MR) is 79.7 cm³/mol. The van der Waals surface area contributed by atoms with Crippen molar-refractivity contribution in [2.45, 2.75) is 19.4 Å². The second-order valence-electron chi connectivity index (χ2n) is 4.87. The zero-order chi connectivity index (χ0) is 14.2. The average molecular weight is 379 g/mol. The lowest BCUT2D eigenvalue weighted by atomic mass is 10.0. The Bertz CT molecular complexity index is 510. The minimum Gasteiger partial charge on any atom is -0.366 e. The van der Waals surface area contributed by atoms with Gasteiger partial charge in [0.15, 0.2) is 0 Å². The predicted octanol–water partition coefficient (Wildman–Crippen LogP) is 2.51. The quantitative estimate of drug-likeness (QED) is 0.498. The molecule has 104 valence electrons. The number of rotatable bonds is 3. The summed E-state index contributed by atoms with van der Waals surface area (Å²) >= 11 is 1.76. The van der Waals surface area contributed by atoms with E-state index >= 15 is 0 Å². The summed E-state index contributed by atoms with van der Waals surface area (Å²) in [6, 6.07) is 2.58. The van der Waals surface area contributed by atoms with E-state index in [2.05, 4.69) is 0 Å². The molecule has 2 rings (SSSR count). The topological polar surface area (TPSA) is 72.4 Å². The minimum atomic E-state index is -0.462. The van der Waals surface area contributed by atoms with Crippen molar-refractivity contribution >= 4 is 34.0 Å². The van der Waals surface area contributed by atoms with E-state index in [1.54, 1.807) is 22.6 Å². The number of nitro benzene ring substituents is 1. The maximum Gasteiger partial charge on any atom is 0.293 e. The van der Waals surface area contributed by atoms with Crippen molar-refractivity contribution in [3.05, 3.63) is 31.6 Å². The van der Waals surface area contributed by atoms with Crippen LogP contribution in [0.25, 0.3) is 0 Å². The van der Waals surface area contributed by atoms with E-state index in [0.29, 0.717) is 24.7 Å². The second-order valence-corrected chi connectivity index (χ2v) is 6.03. The summed E-state index contributed by atoms with van der Waals surface area (Å²) in [6.45, 7) is 3.24. The maximum absolute atomic E-state index is 13.7. The summed E-state index contributed by atoms with van der Waals surface area (Å²) in [7, 11) is 0. The van der Waals surface area contributed by atoms with Crippen LogP contribution in [0.4, 0.5) is 15.8 Å². The third-order valence-corrected chi connectivity index (χ3v) is 4.35. The first-order valence-electron chi connectivity index (χ1n) is 6.04. The molecule has 2 N–H and O–H groups in total. The molecular formula is C12H15FIN3O2.